The van der Waals surface area contributed by atoms with E-state index >= 15 is 0 Å². The smallest absolute Gasteiger partial charge is 0.269 e. The number of carbonyl (C=O) groups is 1. The van der Waals surface area contributed by atoms with E-state index in [1.54, 1.807) is 48.3 Å². The predicted octanol–water partition coefficient (Wildman–Crippen LogP) is 3.83. The minimum atomic E-state index is -0.440. The van der Waals surface area contributed by atoms with Crippen molar-refractivity contribution in [2.45, 2.75) is 19.9 Å². The van der Waals surface area contributed by atoms with Gasteiger partial charge in [0.15, 0.2) is 0 Å². The Balaban J connectivity index is 2.17. The lowest BCUT2D eigenvalue weighted by atomic mass is 10.1. The Morgan fingerprint density at radius 3 is 2.50 bits per heavy atom. The van der Waals surface area contributed by atoms with Crippen LogP contribution in [0.25, 0.3) is 0 Å². The lowest BCUT2D eigenvalue weighted by molar-refractivity contribution is -0.384. The first-order chi connectivity index (χ1) is 11.4. The van der Waals surface area contributed by atoms with Crippen molar-refractivity contribution < 1.29 is 14.5 Å². The van der Waals surface area contributed by atoms with E-state index in [2.05, 4.69) is 0 Å². The maximum atomic E-state index is 12.6. The number of hydrogen-bond donors (Lipinski definition) is 0. The Kier molecular flexibility index (Phi) is 5.52. The number of rotatable bonds is 6. The monoisotopic (exact) mass is 328 g/mol. The highest BCUT2D eigenvalue weighted by atomic mass is 16.6. The Hall–Kier alpha value is -2.89. The average molecular weight is 328 g/mol. The molecule has 0 radical (unpaired) electrons. The highest BCUT2D eigenvalue weighted by Crippen LogP contribution is 2.24. The highest BCUT2D eigenvalue weighted by Gasteiger charge is 2.20. The second-order valence-corrected chi connectivity index (χ2v) is 5.40. The molecule has 0 fully saturated rings. The molecule has 0 aliphatic carbocycles. The molecule has 1 amide bonds. The maximum Gasteiger partial charge on any atom is 0.269 e. The van der Waals surface area contributed by atoms with E-state index in [1.807, 2.05) is 13.8 Å². The number of nitro benzene ring substituents is 1. The molecular weight excluding hydrogens is 308 g/mol. The largest absolute Gasteiger partial charge is 0.494 e. The van der Waals surface area contributed by atoms with Gasteiger partial charge < -0.3 is 9.64 Å². The first-order valence-electron chi connectivity index (χ1n) is 7.68. The first-order valence-corrected chi connectivity index (χ1v) is 7.68. The van der Waals surface area contributed by atoms with Gasteiger partial charge in [0, 0.05) is 24.7 Å². The van der Waals surface area contributed by atoms with Crippen molar-refractivity contribution in [1.29, 1.82) is 0 Å². The molecule has 0 saturated heterocycles. The molecule has 0 heterocycles. The summed E-state index contributed by atoms with van der Waals surface area (Å²) in [6, 6.07) is 13.0. The van der Waals surface area contributed by atoms with E-state index < -0.39 is 4.92 Å². The summed E-state index contributed by atoms with van der Waals surface area (Å²) in [7, 11) is 1.68. The molecular formula is C18H20N2O4. The predicted molar refractivity (Wildman–Crippen MR) is 91.2 cm³/mol. The maximum absolute atomic E-state index is 12.6. The molecule has 0 aromatic heterocycles. The molecule has 6 heteroatoms. The van der Waals surface area contributed by atoms with Gasteiger partial charge in [0.2, 0.25) is 0 Å². The van der Waals surface area contributed by atoms with Gasteiger partial charge in [-0.2, -0.15) is 0 Å². The van der Waals surface area contributed by atoms with Crippen molar-refractivity contribution in [2.75, 3.05) is 13.7 Å². The van der Waals surface area contributed by atoms with Gasteiger partial charge in [-0.05, 0) is 43.7 Å². The van der Waals surface area contributed by atoms with Crippen LogP contribution >= 0.6 is 0 Å². The lowest BCUT2D eigenvalue weighted by Crippen LogP contribution is -2.29. The zero-order valence-electron chi connectivity index (χ0n) is 13.9. The topological polar surface area (TPSA) is 72.7 Å². The first kappa shape index (κ1) is 17.5. The van der Waals surface area contributed by atoms with Gasteiger partial charge in [-0.1, -0.05) is 12.1 Å². The van der Waals surface area contributed by atoms with Crippen LogP contribution in [0.5, 0.6) is 5.75 Å². The summed E-state index contributed by atoms with van der Waals surface area (Å²) >= 11 is 0. The number of hydrogen-bond acceptors (Lipinski definition) is 4. The van der Waals surface area contributed by atoms with Gasteiger partial charge in [0.25, 0.3) is 11.6 Å². The molecule has 0 saturated carbocycles. The highest BCUT2D eigenvalue weighted by molar-refractivity contribution is 5.94. The number of ether oxygens (including phenoxy) is 1. The van der Waals surface area contributed by atoms with Crippen LogP contribution in [0.4, 0.5) is 5.69 Å². The fourth-order valence-corrected chi connectivity index (χ4v) is 2.36. The summed E-state index contributed by atoms with van der Waals surface area (Å²) < 4.78 is 5.36. The Morgan fingerprint density at radius 2 is 1.92 bits per heavy atom. The zero-order valence-corrected chi connectivity index (χ0v) is 13.9. The van der Waals surface area contributed by atoms with Crippen molar-refractivity contribution in [3.63, 3.8) is 0 Å². The van der Waals surface area contributed by atoms with Gasteiger partial charge in [-0.3, -0.25) is 14.9 Å². The van der Waals surface area contributed by atoms with Crippen LogP contribution in [0.15, 0.2) is 48.5 Å². The second-order valence-electron chi connectivity index (χ2n) is 5.40. The van der Waals surface area contributed by atoms with E-state index in [0.717, 1.165) is 0 Å². The van der Waals surface area contributed by atoms with E-state index in [9.17, 15) is 14.9 Å². The Labute approximate surface area is 140 Å². The number of nitro groups is 1. The molecule has 0 N–H and O–H groups in total. The SMILES string of the molecule is CCOc1ccc(C(=O)N(C)C(C)c2cccc([N+](=O)[O-])c2)cc1. The fraction of sp³-hybridized carbons (Fsp3) is 0.278. The average Bonchev–Trinajstić information content (AvgIpc) is 2.61. The number of carbonyl (C=O) groups excluding carboxylic acids is 1. The molecule has 2 rings (SSSR count). The van der Waals surface area contributed by atoms with Crippen molar-refractivity contribution >= 4 is 11.6 Å². The van der Waals surface area contributed by atoms with Crippen LogP contribution in [0.1, 0.15) is 35.8 Å². The molecule has 2 aromatic rings. The van der Waals surface area contributed by atoms with Crippen molar-refractivity contribution in [3.8, 4) is 5.75 Å². The third-order valence-electron chi connectivity index (χ3n) is 3.88. The molecule has 0 aliphatic heterocycles. The fourth-order valence-electron chi connectivity index (χ4n) is 2.36. The molecule has 0 aliphatic rings. The minimum absolute atomic E-state index is 0.0151. The minimum Gasteiger partial charge on any atom is -0.494 e. The van der Waals surface area contributed by atoms with Gasteiger partial charge in [-0.15, -0.1) is 0 Å². The molecule has 0 spiro atoms. The number of benzene rings is 2. The third-order valence-corrected chi connectivity index (χ3v) is 3.88. The van der Waals surface area contributed by atoms with Crippen molar-refractivity contribution in [3.05, 3.63) is 69.8 Å². The van der Waals surface area contributed by atoms with Gasteiger partial charge >= 0.3 is 0 Å². The summed E-state index contributed by atoms with van der Waals surface area (Å²) in [6.07, 6.45) is 0. The summed E-state index contributed by atoms with van der Waals surface area (Å²) in [5.41, 5.74) is 1.27. The Morgan fingerprint density at radius 1 is 1.25 bits per heavy atom. The van der Waals surface area contributed by atoms with E-state index in [1.165, 1.54) is 12.1 Å². The summed E-state index contributed by atoms with van der Waals surface area (Å²) in [5, 5.41) is 10.9. The molecule has 0 bridgehead atoms. The van der Waals surface area contributed by atoms with Crippen molar-refractivity contribution in [1.82, 2.24) is 4.90 Å². The number of nitrogens with zero attached hydrogens (tertiary/aromatic N) is 2. The van der Waals surface area contributed by atoms with Gasteiger partial charge in [0.05, 0.1) is 17.6 Å². The van der Waals surface area contributed by atoms with E-state index in [-0.39, 0.29) is 17.6 Å². The standard InChI is InChI=1S/C18H20N2O4/c1-4-24-17-10-8-14(9-11-17)18(21)19(3)13(2)15-6-5-7-16(12-15)20(22)23/h5-13H,4H2,1-3H3. The lowest BCUT2D eigenvalue weighted by Gasteiger charge is -2.25. The molecule has 1 atom stereocenters. The van der Waals surface area contributed by atoms with Gasteiger partial charge in [0.1, 0.15) is 5.75 Å². The van der Waals surface area contributed by atoms with Crippen LogP contribution < -0.4 is 4.74 Å². The Bertz CT molecular complexity index is 728. The zero-order chi connectivity index (χ0) is 17.7. The number of non-ortho nitro benzene ring substituents is 1. The van der Waals surface area contributed by atoms with Crippen LogP contribution in [0.2, 0.25) is 0 Å². The normalized spacial score (nSPS) is 11.6. The van der Waals surface area contributed by atoms with Crippen LogP contribution in [0, 0.1) is 10.1 Å². The number of amides is 1. The van der Waals surface area contributed by atoms with Crippen LogP contribution in [0.3, 0.4) is 0 Å². The summed E-state index contributed by atoms with van der Waals surface area (Å²) in [4.78, 5) is 24.6. The van der Waals surface area contributed by atoms with E-state index in [0.29, 0.717) is 23.5 Å². The summed E-state index contributed by atoms with van der Waals surface area (Å²) in [6.45, 7) is 4.30. The van der Waals surface area contributed by atoms with Gasteiger partial charge in [-0.25, -0.2) is 0 Å². The van der Waals surface area contributed by atoms with Crippen molar-refractivity contribution in [2.24, 2.45) is 0 Å². The summed E-state index contributed by atoms with van der Waals surface area (Å²) in [5.74, 6) is 0.556. The molecule has 126 valence electrons. The quantitative estimate of drug-likeness (QED) is 0.597. The molecule has 24 heavy (non-hydrogen) atoms. The molecule has 6 nitrogen and oxygen atoms in total. The molecule has 2 aromatic carbocycles. The van der Waals surface area contributed by atoms with E-state index in [4.69, 9.17) is 4.74 Å². The molecule has 1 unspecified atom stereocenters. The second kappa shape index (κ2) is 7.59. The third kappa shape index (κ3) is 3.90. The van der Waals surface area contributed by atoms with Crippen LogP contribution in [-0.4, -0.2) is 29.4 Å². The van der Waals surface area contributed by atoms with Crippen LogP contribution in [-0.2, 0) is 0 Å².